The Morgan fingerprint density at radius 1 is 1.10 bits per heavy atom. The van der Waals surface area contributed by atoms with Gasteiger partial charge >= 0.3 is 0 Å². The number of aliphatic hydroxyl groups is 1. The molecule has 2 atom stereocenters. The highest BCUT2D eigenvalue weighted by molar-refractivity contribution is 5.37. The average Bonchev–Trinajstić information content (AvgIpc) is 2.47. The molecule has 2 aromatic carbocycles. The van der Waals surface area contributed by atoms with E-state index in [1.54, 1.807) is 0 Å². The van der Waals surface area contributed by atoms with Crippen molar-refractivity contribution < 1.29 is 9.84 Å². The van der Waals surface area contributed by atoms with Crippen LogP contribution >= 0.6 is 0 Å². The highest BCUT2D eigenvalue weighted by Gasteiger charge is 2.10. The van der Waals surface area contributed by atoms with Crippen LogP contribution in [0.15, 0.2) is 48.5 Å². The molecule has 0 saturated heterocycles. The normalized spacial score (nSPS) is 13.7. The lowest BCUT2D eigenvalue weighted by atomic mass is 9.99. The quantitative estimate of drug-likeness (QED) is 0.855. The zero-order chi connectivity index (χ0) is 15.2. The summed E-state index contributed by atoms with van der Waals surface area (Å²) in [4.78, 5) is 0. The van der Waals surface area contributed by atoms with Gasteiger partial charge in [-0.25, -0.2) is 0 Å². The number of ether oxygens (including phenoxy) is 1. The van der Waals surface area contributed by atoms with E-state index in [1.807, 2.05) is 49.4 Å². The zero-order valence-electron chi connectivity index (χ0n) is 12.6. The topological polar surface area (TPSA) is 55.5 Å². The number of hydrogen-bond acceptors (Lipinski definition) is 3. The first-order chi connectivity index (χ1) is 10.1. The Balaban J connectivity index is 2.00. The third kappa shape index (κ3) is 4.59. The molecule has 0 spiro atoms. The predicted molar refractivity (Wildman–Crippen MR) is 85.7 cm³/mol. The smallest absolute Gasteiger partial charge is 0.127 e. The van der Waals surface area contributed by atoms with Crippen molar-refractivity contribution in [3.63, 3.8) is 0 Å². The molecule has 112 valence electrons. The van der Waals surface area contributed by atoms with E-state index in [9.17, 15) is 5.11 Å². The average molecular weight is 285 g/mol. The Labute approximate surface area is 126 Å². The van der Waals surface area contributed by atoms with Gasteiger partial charge in [0, 0.05) is 6.04 Å². The van der Waals surface area contributed by atoms with Crippen molar-refractivity contribution in [2.75, 3.05) is 0 Å². The van der Waals surface area contributed by atoms with Crippen molar-refractivity contribution in [3.8, 4) is 11.5 Å². The van der Waals surface area contributed by atoms with Gasteiger partial charge in [-0.2, -0.15) is 0 Å². The lowest BCUT2D eigenvalue weighted by Crippen LogP contribution is -2.31. The fourth-order valence-corrected chi connectivity index (χ4v) is 2.20. The monoisotopic (exact) mass is 285 g/mol. The van der Waals surface area contributed by atoms with E-state index < -0.39 is 6.10 Å². The summed E-state index contributed by atoms with van der Waals surface area (Å²) in [6.07, 6.45) is 1.04. The van der Waals surface area contributed by atoms with Crippen LogP contribution in [0.2, 0.25) is 0 Å². The summed E-state index contributed by atoms with van der Waals surface area (Å²) >= 11 is 0. The van der Waals surface area contributed by atoms with Gasteiger partial charge in [-0.3, -0.25) is 0 Å². The minimum atomic E-state index is -0.454. The predicted octanol–water partition coefficient (Wildman–Crippen LogP) is 3.43. The van der Waals surface area contributed by atoms with Gasteiger partial charge < -0.3 is 15.6 Å². The van der Waals surface area contributed by atoms with E-state index in [0.29, 0.717) is 6.42 Å². The number of hydrogen-bond donors (Lipinski definition) is 2. The number of para-hydroxylation sites is 1. The summed E-state index contributed by atoms with van der Waals surface area (Å²) < 4.78 is 5.81. The van der Waals surface area contributed by atoms with Crippen LogP contribution in [0.5, 0.6) is 11.5 Å². The Kier molecular flexibility index (Phi) is 5.37. The minimum absolute atomic E-state index is 0.189. The molecule has 2 rings (SSSR count). The number of nitrogens with two attached hydrogens (primary N) is 1. The summed E-state index contributed by atoms with van der Waals surface area (Å²) in [5.41, 5.74) is 8.06. The third-order valence-electron chi connectivity index (χ3n) is 3.61. The van der Waals surface area contributed by atoms with E-state index >= 15 is 0 Å². The van der Waals surface area contributed by atoms with Crippen molar-refractivity contribution in [2.45, 2.75) is 38.8 Å². The summed E-state index contributed by atoms with van der Waals surface area (Å²) in [6.45, 7) is 3.89. The molecule has 3 N–H and O–H groups in total. The fraction of sp³-hybridized carbons (Fsp3) is 0.333. The number of aryl methyl sites for hydroxylation is 2. The van der Waals surface area contributed by atoms with Crippen molar-refractivity contribution >= 4 is 0 Å². The lowest BCUT2D eigenvalue weighted by molar-refractivity contribution is 0.141. The van der Waals surface area contributed by atoms with Crippen LogP contribution in [0, 0.1) is 6.92 Å². The van der Waals surface area contributed by atoms with Gasteiger partial charge in [0.1, 0.15) is 11.5 Å². The van der Waals surface area contributed by atoms with Crippen LogP contribution in [0.25, 0.3) is 0 Å². The number of rotatable bonds is 6. The molecular formula is C18H23NO2. The standard InChI is InChI=1S/C18H23NO2/c1-13-12-17(21-16-6-4-3-5-7-16)10-8-15(13)9-11-18(20)14(2)19/h3-8,10,12,14,18,20H,9,11,19H2,1-2H3. The van der Waals surface area contributed by atoms with E-state index in [-0.39, 0.29) is 6.04 Å². The Morgan fingerprint density at radius 3 is 2.43 bits per heavy atom. The Bertz CT molecular complexity index is 567. The van der Waals surface area contributed by atoms with E-state index in [4.69, 9.17) is 10.5 Å². The highest BCUT2D eigenvalue weighted by Crippen LogP contribution is 2.24. The molecule has 3 nitrogen and oxygen atoms in total. The SMILES string of the molecule is Cc1cc(Oc2ccccc2)ccc1CCC(O)C(C)N. The molecule has 21 heavy (non-hydrogen) atoms. The molecule has 3 heteroatoms. The molecule has 0 bridgehead atoms. The maximum Gasteiger partial charge on any atom is 0.127 e. The molecule has 0 aliphatic carbocycles. The molecule has 0 amide bonds. The van der Waals surface area contributed by atoms with E-state index in [2.05, 4.69) is 13.0 Å². The molecule has 0 saturated carbocycles. The molecule has 2 aromatic rings. The maximum absolute atomic E-state index is 9.78. The van der Waals surface area contributed by atoms with Gasteiger partial charge in [0.25, 0.3) is 0 Å². The highest BCUT2D eigenvalue weighted by atomic mass is 16.5. The summed E-state index contributed by atoms with van der Waals surface area (Å²) in [5.74, 6) is 1.66. The first-order valence-electron chi connectivity index (χ1n) is 7.32. The summed E-state index contributed by atoms with van der Waals surface area (Å²) in [5, 5.41) is 9.78. The van der Waals surface area contributed by atoms with Crippen LogP contribution in [0.1, 0.15) is 24.5 Å². The molecule has 2 unspecified atom stereocenters. The second kappa shape index (κ2) is 7.25. The van der Waals surface area contributed by atoms with Gasteiger partial charge in [0.15, 0.2) is 0 Å². The molecule has 0 aliphatic heterocycles. The van der Waals surface area contributed by atoms with Gasteiger partial charge in [0.2, 0.25) is 0 Å². The summed E-state index contributed by atoms with van der Waals surface area (Å²) in [6, 6.07) is 15.6. The van der Waals surface area contributed by atoms with Gasteiger partial charge in [-0.05, 0) is 62.1 Å². The number of aliphatic hydroxyl groups excluding tert-OH is 1. The third-order valence-corrected chi connectivity index (χ3v) is 3.61. The van der Waals surface area contributed by atoms with Crippen LogP contribution in [-0.2, 0) is 6.42 Å². The van der Waals surface area contributed by atoms with Crippen molar-refractivity contribution in [3.05, 3.63) is 59.7 Å². The van der Waals surface area contributed by atoms with Crippen molar-refractivity contribution in [1.82, 2.24) is 0 Å². The van der Waals surface area contributed by atoms with Crippen molar-refractivity contribution in [1.29, 1.82) is 0 Å². The first-order valence-corrected chi connectivity index (χ1v) is 7.32. The van der Waals surface area contributed by atoms with Crippen LogP contribution in [0.4, 0.5) is 0 Å². The summed E-state index contributed by atoms with van der Waals surface area (Å²) in [7, 11) is 0. The minimum Gasteiger partial charge on any atom is -0.457 e. The Morgan fingerprint density at radius 2 is 1.81 bits per heavy atom. The largest absolute Gasteiger partial charge is 0.457 e. The van der Waals surface area contributed by atoms with Crippen molar-refractivity contribution in [2.24, 2.45) is 5.73 Å². The second-order valence-corrected chi connectivity index (χ2v) is 5.47. The first kappa shape index (κ1) is 15.5. The van der Waals surface area contributed by atoms with Gasteiger partial charge in [0.05, 0.1) is 6.10 Å². The molecule has 0 aromatic heterocycles. The maximum atomic E-state index is 9.78. The second-order valence-electron chi connectivity index (χ2n) is 5.47. The van der Waals surface area contributed by atoms with Crippen LogP contribution in [-0.4, -0.2) is 17.3 Å². The fourth-order valence-electron chi connectivity index (χ4n) is 2.20. The lowest BCUT2D eigenvalue weighted by Gasteiger charge is -2.15. The molecular weight excluding hydrogens is 262 g/mol. The molecule has 0 aliphatic rings. The van der Waals surface area contributed by atoms with Crippen LogP contribution < -0.4 is 10.5 Å². The Hall–Kier alpha value is -1.84. The van der Waals surface area contributed by atoms with Gasteiger partial charge in [-0.15, -0.1) is 0 Å². The zero-order valence-corrected chi connectivity index (χ0v) is 12.6. The van der Waals surface area contributed by atoms with Crippen LogP contribution in [0.3, 0.4) is 0 Å². The van der Waals surface area contributed by atoms with E-state index in [1.165, 1.54) is 11.1 Å². The molecule has 0 fully saturated rings. The molecule has 0 radical (unpaired) electrons. The number of benzene rings is 2. The van der Waals surface area contributed by atoms with E-state index in [0.717, 1.165) is 17.9 Å². The molecule has 0 heterocycles. The van der Waals surface area contributed by atoms with Gasteiger partial charge in [-0.1, -0.05) is 24.3 Å².